The number of ether oxygens (including phenoxy) is 3. The van der Waals surface area contributed by atoms with Gasteiger partial charge in [-0.2, -0.15) is 0 Å². The van der Waals surface area contributed by atoms with E-state index in [1.165, 1.54) is 12.3 Å². The Kier molecular flexibility index (Phi) is 9.02. The third-order valence-corrected chi connectivity index (χ3v) is 6.89. The molecule has 15 heteroatoms. The van der Waals surface area contributed by atoms with Crippen LogP contribution in [0.5, 0.6) is 0 Å². The molecule has 0 aromatic rings. The van der Waals surface area contributed by atoms with E-state index in [0.717, 1.165) is 4.90 Å². The number of hydrogen-bond donors (Lipinski definition) is 3. The lowest BCUT2D eigenvalue weighted by atomic mass is 9.94. The van der Waals surface area contributed by atoms with Gasteiger partial charge >= 0.3 is 25.8 Å². The first-order chi connectivity index (χ1) is 17.3. The SMILES string of the molecule is C#C[C@@]1(O)[C@@H]2O[P@](=O)(OCCC(C(=O)OC(C)C)C(=O)OC(C)C)OC[C@H]2O[C@H]1N1C=CC(O)NC1=O. The minimum Gasteiger partial charge on any atom is -0.462 e. The van der Waals surface area contributed by atoms with Crippen molar-refractivity contribution in [1.29, 1.82) is 0 Å². The third-order valence-electron chi connectivity index (χ3n) is 5.44. The summed E-state index contributed by atoms with van der Waals surface area (Å²) in [6, 6.07) is -0.805. The molecule has 3 aliphatic heterocycles. The second-order valence-electron chi connectivity index (χ2n) is 9.05. The number of nitrogens with zero attached hydrogens (tertiary/aromatic N) is 1. The van der Waals surface area contributed by atoms with Gasteiger partial charge in [-0.15, -0.1) is 6.42 Å². The van der Waals surface area contributed by atoms with Gasteiger partial charge < -0.3 is 29.7 Å². The Labute approximate surface area is 213 Å². The largest absolute Gasteiger partial charge is 0.475 e. The van der Waals surface area contributed by atoms with E-state index >= 15 is 0 Å². The normalized spacial score (nSPS) is 33.3. The summed E-state index contributed by atoms with van der Waals surface area (Å²) in [5.41, 5.74) is -2.28. The van der Waals surface area contributed by atoms with Crippen LogP contribution in [0.1, 0.15) is 34.1 Å². The van der Waals surface area contributed by atoms with E-state index < -0.39 is 80.8 Å². The third kappa shape index (κ3) is 6.50. The summed E-state index contributed by atoms with van der Waals surface area (Å²) in [5.74, 6) is -0.889. The highest BCUT2D eigenvalue weighted by Crippen LogP contribution is 2.57. The lowest BCUT2D eigenvalue weighted by Crippen LogP contribution is -2.59. The summed E-state index contributed by atoms with van der Waals surface area (Å²) >= 11 is 0. The number of nitrogens with one attached hydrogen (secondary N) is 1. The Bertz CT molecular complexity index is 988. The number of aliphatic hydroxyl groups excluding tert-OH is 1. The number of terminal acetylenes is 1. The highest BCUT2D eigenvalue weighted by molar-refractivity contribution is 7.48. The summed E-state index contributed by atoms with van der Waals surface area (Å²) < 4.78 is 45.0. The molecule has 14 nitrogen and oxygen atoms in total. The molecule has 3 N–H and O–H groups in total. The number of carbonyl (C=O) groups is 3. The number of hydrogen-bond acceptors (Lipinski definition) is 12. The molecule has 0 bridgehead atoms. The summed E-state index contributed by atoms with van der Waals surface area (Å²) in [5, 5.41) is 22.9. The standard InChI is InChI=1S/C22H31N2O12P/c1-6-22(29)17-15(35-20(22)24-9-7-16(25)23-21(24)28)11-32-37(30,36-17)31-10-8-14(18(26)33-12(2)3)19(27)34-13(4)5/h1,7,9,12-17,20,25,29H,8,10-11H2,2-5H3,(H,23,28)/t15-,16?,17-,20-,22-,37-/m1/s1. The van der Waals surface area contributed by atoms with Crippen molar-refractivity contribution in [2.45, 2.75) is 76.6 Å². The Morgan fingerprint density at radius 3 is 2.46 bits per heavy atom. The average Bonchev–Trinajstić information content (AvgIpc) is 3.07. The van der Waals surface area contributed by atoms with Gasteiger partial charge in [-0.3, -0.25) is 28.1 Å². The van der Waals surface area contributed by atoms with E-state index in [-0.39, 0.29) is 13.0 Å². The van der Waals surface area contributed by atoms with Crippen LogP contribution in [0.4, 0.5) is 4.79 Å². The van der Waals surface area contributed by atoms with E-state index in [0.29, 0.717) is 0 Å². The number of phosphoric acid groups is 1. The van der Waals surface area contributed by atoms with Crippen LogP contribution in [-0.2, 0) is 41.9 Å². The van der Waals surface area contributed by atoms with Gasteiger partial charge in [0.2, 0.25) is 0 Å². The quantitative estimate of drug-likeness (QED) is 0.157. The lowest BCUT2D eigenvalue weighted by Gasteiger charge is -2.36. The van der Waals surface area contributed by atoms with Crippen molar-refractivity contribution in [3.05, 3.63) is 12.3 Å². The number of amides is 2. The van der Waals surface area contributed by atoms with Gasteiger partial charge in [0.05, 0.1) is 25.4 Å². The minimum atomic E-state index is -4.36. The number of phosphoric ester groups is 1. The first kappa shape index (κ1) is 29.1. The second-order valence-corrected chi connectivity index (χ2v) is 10.7. The Morgan fingerprint density at radius 1 is 1.30 bits per heavy atom. The van der Waals surface area contributed by atoms with E-state index in [2.05, 4.69) is 11.2 Å². The zero-order valence-electron chi connectivity index (χ0n) is 20.8. The first-order valence-corrected chi connectivity index (χ1v) is 13.0. The van der Waals surface area contributed by atoms with Gasteiger partial charge in [0.1, 0.15) is 18.4 Å². The molecule has 2 fully saturated rings. The minimum absolute atomic E-state index is 0.262. The molecule has 0 saturated carbocycles. The molecule has 3 aliphatic rings. The van der Waals surface area contributed by atoms with Crippen molar-refractivity contribution in [2.24, 2.45) is 5.92 Å². The topological polar surface area (TPSA) is 179 Å². The summed E-state index contributed by atoms with van der Waals surface area (Å²) in [7, 11) is -4.36. The summed E-state index contributed by atoms with van der Waals surface area (Å²) in [6.45, 7) is 5.66. The van der Waals surface area contributed by atoms with Crippen LogP contribution in [0.3, 0.4) is 0 Å². The molecule has 0 radical (unpaired) electrons. The zero-order valence-corrected chi connectivity index (χ0v) is 21.7. The molecule has 2 saturated heterocycles. The molecule has 1 unspecified atom stereocenters. The van der Waals surface area contributed by atoms with E-state index in [9.17, 15) is 29.2 Å². The number of rotatable bonds is 9. The predicted molar refractivity (Wildman–Crippen MR) is 123 cm³/mol. The molecule has 0 aliphatic carbocycles. The van der Waals surface area contributed by atoms with Crippen LogP contribution >= 0.6 is 7.82 Å². The maximum Gasteiger partial charge on any atom is 0.475 e. The lowest BCUT2D eigenvalue weighted by molar-refractivity contribution is -0.167. The van der Waals surface area contributed by atoms with Gasteiger partial charge in [-0.25, -0.2) is 9.36 Å². The van der Waals surface area contributed by atoms with Crippen LogP contribution in [0.15, 0.2) is 12.3 Å². The van der Waals surface area contributed by atoms with Gasteiger partial charge in [-0.05, 0) is 40.2 Å². The number of fused-ring (bicyclic) bond motifs is 1. The Hall–Kier alpha value is -2.50. The van der Waals surface area contributed by atoms with Crippen molar-refractivity contribution in [3.8, 4) is 12.3 Å². The smallest absolute Gasteiger partial charge is 0.462 e. The van der Waals surface area contributed by atoms with Crippen molar-refractivity contribution in [3.63, 3.8) is 0 Å². The molecule has 0 spiro atoms. The van der Waals surface area contributed by atoms with Crippen molar-refractivity contribution in [2.75, 3.05) is 13.2 Å². The zero-order chi connectivity index (χ0) is 27.5. The molecular weight excluding hydrogens is 515 g/mol. The molecular formula is C22H31N2O12P. The fourth-order valence-electron chi connectivity index (χ4n) is 3.79. The summed E-state index contributed by atoms with van der Waals surface area (Å²) in [4.78, 5) is 38.0. The summed E-state index contributed by atoms with van der Waals surface area (Å²) in [6.07, 6.45) is 1.56. The van der Waals surface area contributed by atoms with E-state index in [1.54, 1.807) is 27.7 Å². The van der Waals surface area contributed by atoms with Gasteiger partial charge in [0.15, 0.2) is 17.7 Å². The number of carbonyl (C=O) groups excluding carboxylic acids is 3. The molecule has 2 amide bonds. The van der Waals surface area contributed by atoms with Crippen molar-refractivity contribution < 1.29 is 56.9 Å². The molecule has 6 atom stereocenters. The molecule has 37 heavy (non-hydrogen) atoms. The Balaban J connectivity index is 1.69. The molecule has 206 valence electrons. The van der Waals surface area contributed by atoms with Gasteiger partial charge in [0.25, 0.3) is 0 Å². The van der Waals surface area contributed by atoms with Crippen LogP contribution in [0.25, 0.3) is 0 Å². The van der Waals surface area contributed by atoms with E-state index in [4.69, 9.17) is 34.2 Å². The van der Waals surface area contributed by atoms with Crippen LogP contribution in [0.2, 0.25) is 0 Å². The monoisotopic (exact) mass is 546 g/mol. The predicted octanol–water partition coefficient (Wildman–Crippen LogP) is 0.383. The maximum atomic E-state index is 13.2. The maximum absolute atomic E-state index is 13.2. The number of esters is 2. The van der Waals surface area contributed by atoms with Gasteiger partial charge in [-0.1, -0.05) is 5.92 Å². The highest BCUT2D eigenvalue weighted by Gasteiger charge is 2.63. The van der Waals surface area contributed by atoms with Crippen molar-refractivity contribution in [1.82, 2.24) is 10.2 Å². The average molecular weight is 546 g/mol. The number of aliphatic hydroxyl groups is 2. The molecule has 3 heterocycles. The highest BCUT2D eigenvalue weighted by atomic mass is 31.2. The molecule has 0 aromatic heterocycles. The Morgan fingerprint density at radius 2 is 1.92 bits per heavy atom. The fraction of sp³-hybridized carbons (Fsp3) is 0.682. The second kappa shape index (κ2) is 11.5. The molecule has 3 rings (SSSR count). The first-order valence-electron chi connectivity index (χ1n) is 11.6. The van der Waals surface area contributed by atoms with E-state index in [1.807, 2.05) is 0 Å². The number of urea groups is 1. The van der Waals surface area contributed by atoms with Gasteiger partial charge in [0, 0.05) is 6.20 Å². The van der Waals surface area contributed by atoms with Crippen LogP contribution in [-0.4, -0.2) is 88.8 Å². The molecule has 0 aromatic carbocycles. The van der Waals surface area contributed by atoms with Crippen LogP contribution in [0, 0.1) is 18.3 Å². The fourth-order valence-corrected chi connectivity index (χ4v) is 5.22. The van der Waals surface area contributed by atoms with Crippen molar-refractivity contribution >= 4 is 25.8 Å². The van der Waals surface area contributed by atoms with Crippen LogP contribution < -0.4 is 5.32 Å².